The number of carbonyl (C=O) groups is 1. The highest BCUT2D eigenvalue weighted by atomic mass is 16.1. The Morgan fingerprint density at radius 3 is 2.74 bits per heavy atom. The maximum Gasteiger partial charge on any atom is 0.237 e. The summed E-state index contributed by atoms with van der Waals surface area (Å²) in [5.41, 5.74) is 6.24. The smallest absolute Gasteiger partial charge is 0.237 e. The molecule has 3 N–H and O–H groups in total. The third kappa shape index (κ3) is 3.33. The Hall–Kier alpha value is -1.85. The van der Waals surface area contributed by atoms with Crippen LogP contribution in [-0.2, 0) is 4.79 Å². The molecule has 2 rings (SSSR count). The van der Waals surface area contributed by atoms with Crippen LogP contribution in [0.25, 0.3) is 0 Å². The minimum Gasteiger partial charge on any atom is -0.368 e. The van der Waals surface area contributed by atoms with Crippen molar-refractivity contribution in [1.82, 2.24) is 9.97 Å². The molecule has 1 amide bonds. The van der Waals surface area contributed by atoms with E-state index in [2.05, 4.69) is 15.3 Å². The zero-order valence-corrected chi connectivity index (χ0v) is 11.5. The molecular formula is C13H21N5O. The number of hydrogen-bond donors (Lipinski definition) is 2. The molecule has 0 saturated heterocycles. The number of nitrogens with one attached hydrogen (secondary N) is 1. The fourth-order valence-electron chi connectivity index (χ4n) is 2.59. The fourth-order valence-corrected chi connectivity index (χ4v) is 2.59. The lowest BCUT2D eigenvalue weighted by Crippen LogP contribution is -2.40. The number of rotatable bonds is 5. The first-order chi connectivity index (χ1) is 9.10. The van der Waals surface area contributed by atoms with Crippen molar-refractivity contribution in [2.75, 3.05) is 23.8 Å². The molecule has 1 saturated carbocycles. The number of hydrogen-bond acceptors (Lipinski definition) is 5. The molecule has 0 radical (unpaired) electrons. The summed E-state index contributed by atoms with van der Waals surface area (Å²) in [6.45, 7) is 2.13. The van der Waals surface area contributed by atoms with Gasteiger partial charge in [-0.2, -0.15) is 4.98 Å². The summed E-state index contributed by atoms with van der Waals surface area (Å²) in [4.78, 5) is 22.0. The van der Waals surface area contributed by atoms with Gasteiger partial charge in [-0.3, -0.25) is 4.79 Å². The predicted octanol–water partition coefficient (Wildman–Crippen LogP) is 1.06. The molecule has 0 aromatic carbocycles. The van der Waals surface area contributed by atoms with Crippen LogP contribution in [0.5, 0.6) is 0 Å². The number of aryl methyl sites for hydroxylation is 1. The minimum absolute atomic E-state index is 0.213. The van der Waals surface area contributed by atoms with E-state index < -0.39 is 0 Å². The molecule has 1 aliphatic carbocycles. The summed E-state index contributed by atoms with van der Waals surface area (Å²) >= 11 is 0. The average molecular weight is 263 g/mol. The van der Waals surface area contributed by atoms with Crippen LogP contribution >= 0.6 is 0 Å². The van der Waals surface area contributed by atoms with E-state index in [4.69, 9.17) is 5.73 Å². The number of amides is 1. The standard InChI is InChI=1S/C13H21N5O/c1-9-7-12(17-13(15-2)16-9)18(8-11(14)19)10-5-3-4-6-10/h7,10H,3-6,8H2,1-2H3,(H2,14,19)(H,15,16,17). The average Bonchev–Trinajstić information content (AvgIpc) is 2.88. The van der Waals surface area contributed by atoms with Gasteiger partial charge in [-0.05, 0) is 19.8 Å². The molecule has 0 spiro atoms. The Balaban J connectivity index is 2.30. The second kappa shape index (κ2) is 5.86. The van der Waals surface area contributed by atoms with E-state index in [1.807, 2.05) is 17.9 Å². The molecule has 1 aromatic rings. The molecule has 6 nitrogen and oxygen atoms in total. The van der Waals surface area contributed by atoms with Gasteiger partial charge < -0.3 is 16.0 Å². The monoisotopic (exact) mass is 263 g/mol. The Labute approximate surface area is 113 Å². The zero-order valence-electron chi connectivity index (χ0n) is 11.5. The Morgan fingerprint density at radius 2 is 2.16 bits per heavy atom. The van der Waals surface area contributed by atoms with Crippen molar-refractivity contribution in [3.05, 3.63) is 11.8 Å². The Morgan fingerprint density at radius 1 is 1.47 bits per heavy atom. The van der Waals surface area contributed by atoms with E-state index in [1.54, 1.807) is 7.05 Å². The first-order valence-electron chi connectivity index (χ1n) is 6.68. The Bertz CT molecular complexity index is 456. The van der Waals surface area contributed by atoms with Crippen LogP contribution in [0.1, 0.15) is 31.4 Å². The molecule has 19 heavy (non-hydrogen) atoms. The lowest BCUT2D eigenvalue weighted by atomic mass is 10.2. The molecular weight excluding hydrogens is 242 g/mol. The van der Waals surface area contributed by atoms with E-state index in [-0.39, 0.29) is 12.5 Å². The van der Waals surface area contributed by atoms with Gasteiger partial charge in [0.25, 0.3) is 0 Å². The van der Waals surface area contributed by atoms with Crippen molar-refractivity contribution in [1.29, 1.82) is 0 Å². The number of nitrogens with zero attached hydrogens (tertiary/aromatic N) is 3. The largest absolute Gasteiger partial charge is 0.368 e. The SMILES string of the molecule is CNc1nc(C)cc(N(CC(N)=O)C2CCCC2)n1. The van der Waals surface area contributed by atoms with Crippen molar-refractivity contribution < 1.29 is 4.79 Å². The van der Waals surface area contributed by atoms with Gasteiger partial charge in [0.2, 0.25) is 11.9 Å². The topological polar surface area (TPSA) is 84.1 Å². The Kier molecular flexibility index (Phi) is 4.19. The van der Waals surface area contributed by atoms with E-state index in [9.17, 15) is 4.79 Å². The molecule has 0 aliphatic heterocycles. The van der Waals surface area contributed by atoms with Crippen molar-refractivity contribution in [3.63, 3.8) is 0 Å². The van der Waals surface area contributed by atoms with Crippen LogP contribution < -0.4 is 16.0 Å². The normalized spacial score (nSPS) is 15.5. The first kappa shape index (κ1) is 13.6. The first-order valence-corrected chi connectivity index (χ1v) is 6.68. The molecule has 1 aromatic heterocycles. The summed E-state index contributed by atoms with van der Waals surface area (Å²) in [7, 11) is 1.78. The van der Waals surface area contributed by atoms with E-state index >= 15 is 0 Å². The molecule has 0 bridgehead atoms. The van der Waals surface area contributed by atoms with Crippen LogP contribution in [0.4, 0.5) is 11.8 Å². The summed E-state index contributed by atoms with van der Waals surface area (Å²) in [5, 5.41) is 2.94. The van der Waals surface area contributed by atoms with Gasteiger partial charge in [-0.1, -0.05) is 12.8 Å². The van der Waals surface area contributed by atoms with Crippen LogP contribution in [0.2, 0.25) is 0 Å². The molecule has 1 aliphatic rings. The van der Waals surface area contributed by atoms with Crippen LogP contribution in [0.3, 0.4) is 0 Å². The van der Waals surface area contributed by atoms with E-state index in [0.29, 0.717) is 12.0 Å². The third-order valence-electron chi connectivity index (χ3n) is 3.45. The van der Waals surface area contributed by atoms with Crippen molar-refractivity contribution in [3.8, 4) is 0 Å². The second-order valence-corrected chi connectivity index (χ2v) is 4.97. The minimum atomic E-state index is -0.325. The summed E-state index contributed by atoms with van der Waals surface area (Å²) in [6, 6.07) is 2.26. The van der Waals surface area contributed by atoms with E-state index in [0.717, 1.165) is 24.4 Å². The van der Waals surface area contributed by atoms with Crippen molar-refractivity contribution in [2.24, 2.45) is 5.73 Å². The molecule has 1 fully saturated rings. The quantitative estimate of drug-likeness (QED) is 0.830. The third-order valence-corrected chi connectivity index (χ3v) is 3.45. The van der Waals surface area contributed by atoms with Gasteiger partial charge in [0, 0.05) is 24.8 Å². The van der Waals surface area contributed by atoms with E-state index in [1.165, 1.54) is 12.8 Å². The van der Waals surface area contributed by atoms with Gasteiger partial charge in [0.15, 0.2) is 0 Å². The molecule has 104 valence electrons. The second-order valence-electron chi connectivity index (χ2n) is 4.97. The molecule has 1 heterocycles. The summed E-state index contributed by atoms with van der Waals surface area (Å²) in [5.74, 6) is 1.03. The number of primary amides is 1. The molecule has 0 unspecified atom stereocenters. The van der Waals surface area contributed by atoms with Gasteiger partial charge >= 0.3 is 0 Å². The van der Waals surface area contributed by atoms with Gasteiger partial charge in [-0.25, -0.2) is 4.98 Å². The lowest BCUT2D eigenvalue weighted by Gasteiger charge is -2.29. The van der Waals surface area contributed by atoms with Gasteiger partial charge in [0.1, 0.15) is 5.82 Å². The number of nitrogens with two attached hydrogens (primary N) is 1. The van der Waals surface area contributed by atoms with Gasteiger partial charge in [-0.15, -0.1) is 0 Å². The highest BCUT2D eigenvalue weighted by Gasteiger charge is 2.25. The fraction of sp³-hybridized carbons (Fsp3) is 0.615. The summed E-state index contributed by atoms with van der Waals surface area (Å²) in [6.07, 6.45) is 4.57. The number of carbonyl (C=O) groups excluding carboxylic acids is 1. The summed E-state index contributed by atoms with van der Waals surface area (Å²) < 4.78 is 0. The van der Waals surface area contributed by atoms with Crippen LogP contribution in [-0.4, -0.2) is 35.5 Å². The van der Waals surface area contributed by atoms with Crippen molar-refractivity contribution in [2.45, 2.75) is 38.6 Å². The highest BCUT2D eigenvalue weighted by molar-refractivity contribution is 5.79. The predicted molar refractivity (Wildman–Crippen MR) is 75.1 cm³/mol. The number of aromatic nitrogens is 2. The van der Waals surface area contributed by atoms with Gasteiger partial charge in [0.05, 0.1) is 6.54 Å². The zero-order chi connectivity index (χ0) is 13.8. The maximum absolute atomic E-state index is 11.3. The number of anilines is 2. The lowest BCUT2D eigenvalue weighted by molar-refractivity contribution is -0.116. The molecule has 0 atom stereocenters. The van der Waals surface area contributed by atoms with Crippen LogP contribution in [0.15, 0.2) is 6.07 Å². The van der Waals surface area contributed by atoms with Crippen molar-refractivity contribution >= 4 is 17.7 Å². The highest BCUT2D eigenvalue weighted by Crippen LogP contribution is 2.27. The maximum atomic E-state index is 11.3. The van der Waals surface area contributed by atoms with Crippen LogP contribution in [0, 0.1) is 6.92 Å². The molecule has 6 heteroatoms.